The Hall–Kier alpha value is -1.50. The molecule has 2 saturated heterocycles. The second-order valence-corrected chi connectivity index (χ2v) is 4.82. The number of thioether (sulfide) groups is 1. The van der Waals surface area contributed by atoms with Gasteiger partial charge in [0.1, 0.15) is 0 Å². The molecule has 2 aliphatic rings. The predicted molar refractivity (Wildman–Crippen MR) is 58.7 cm³/mol. The van der Waals surface area contributed by atoms with Crippen LogP contribution in [0.4, 0.5) is 0 Å². The zero-order chi connectivity index (χ0) is 12.6. The van der Waals surface area contributed by atoms with E-state index in [0.717, 1.165) is 0 Å². The SMILES string of the molecule is COC(=O)/C=C1/S[C@@H]2CC(=O)N2[C@@H]1C(=O)OC. The number of nitrogens with zero attached hydrogens (tertiary/aromatic N) is 1. The highest BCUT2D eigenvalue weighted by Crippen LogP contribution is 2.46. The summed E-state index contributed by atoms with van der Waals surface area (Å²) in [5, 5.41) is -0.0671. The molecule has 1 amide bonds. The number of amides is 1. The maximum absolute atomic E-state index is 11.6. The molecule has 2 rings (SSSR count). The largest absolute Gasteiger partial charge is 0.467 e. The van der Waals surface area contributed by atoms with E-state index in [1.54, 1.807) is 0 Å². The van der Waals surface area contributed by atoms with Gasteiger partial charge in [-0.05, 0) is 0 Å². The van der Waals surface area contributed by atoms with Crippen molar-refractivity contribution in [3.05, 3.63) is 11.0 Å². The van der Waals surface area contributed by atoms with Gasteiger partial charge in [-0.15, -0.1) is 11.8 Å². The molecule has 0 N–H and O–H groups in total. The van der Waals surface area contributed by atoms with Crippen LogP contribution in [0.15, 0.2) is 11.0 Å². The van der Waals surface area contributed by atoms with Crippen LogP contribution in [-0.2, 0) is 23.9 Å². The van der Waals surface area contributed by atoms with Gasteiger partial charge in [0, 0.05) is 11.0 Å². The van der Waals surface area contributed by atoms with Crippen molar-refractivity contribution < 1.29 is 23.9 Å². The second kappa shape index (κ2) is 4.40. The minimum atomic E-state index is -0.796. The molecule has 17 heavy (non-hydrogen) atoms. The van der Waals surface area contributed by atoms with Gasteiger partial charge in [0.2, 0.25) is 5.91 Å². The normalized spacial score (nSPS) is 28.7. The third-order valence-corrected chi connectivity index (χ3v) is 3.93. The van der Waals surface area contributed by atoms with E-state index in [2.05, 4.69) is 9.47 Å². The first kappa shape index (κ1) is 12.0. The monoisotopic (exact) mass is 257 g/mol. The number of fused-ring (bicyclic) bond motifs is 1. The highest BCUT2D eigenvalue weighted by molar-refractivity contribution is 8.04. The van der Waals surface area contributed by atoms with Crippen molar-refractivity contribution in [3.8, 4) is 0 Å². The Balaban J connectivity index is 2.27. The number of hydrogen-bond donors (Lipinski definition) is 0. The Morgan fingerprint density at radius 3 is 2.65 bits per heavy atom. The van der Waals surface area contributed by atoms with Gasteiger partial charge in [0.25, 0.3) is 0 Å². The minimum absolute atomic E-state index is 0.0671. The van der Waals surface area contributed by atoms with Gasteiger partial charge in [-0.1, -0.05) is 0 Å². The summed E-state index contributed by atoms with van der Waals surface area (Å²) in [5.74, 6) is -1.19. The average Bonchev–Trinajstić information content (AvgIpc) is 2.60. The Morgan fingerprint density at radius 2 is 2.12 bits per heavy atom. The van der Waals surface area contributed by atoms with Crippen LogP contribution >= 0.6 is 11.8 Å². The summed E-state index contributed by atoms with van der Waals surface area (Å²) in [6.45, 7) is 0. The van der Waals surface area contributed by atoms with Gasteiger partial charge in [-0.25, -0.2) is 9.59 Å². The molecule has 2 fully saturated rings. The van der Waals surface area contributed by atoms with Crippen molar-refractivity contribution in [3.63, 3.8) is 0 Å². The van der Waals surface area contributed by atoms with Gasteiger partial charge < -0.3 is 14.4 Å². The number of ether oxygens (including phenoxy) is 2. The van der Waals surface area contributed by atoms with Crippen LogP contribution in [0.25, 0.3) is 0 Å². The lowest BCUT2D eigenvalue weighted by Gasteiger charge is -2.35. The number of rotatable bonds is 2. The Bertz CT molecular complexity index is 419. The van der Waals surface area contributed by atoms with Crippen molar-refractivity contribution in [2.24, 2.45) is 0 Å². The third-order valence-electron chi connectivity index (χ3n) is 2.65. The van der Waals surface area contributed by atoms with Crippen LogP contribution < -0.4 is 0 Å². The third kappa shape index (κ3) is 1.90. The maximum atomic E-state index is 11.6. The molecular formula is C10H11NO5S. The van der Waals surface area contributed by atoms with E-state index in [-0.39, 0.29) is 11.3 Å². The number of hydrogen-bond acceptors (Lipinski definition) is 6. The van der Waals surface area contributed by atoms with Gasteiger partial charge in [0.15, 0.2) is 6.04 Å². The smallest absolute Gasteiger partial charge is 0.333 e. The molecule has 0 radical (unpaired) electrons. The van der Waals surface area contributed by atoms with E-state index in [0.29, 0.717) is 11.3 Å². The van der Waals surface area contributed by atoms with E-state index < -0.39 is 18.0 Å². The summed E-state index contributed by atoms with van der Waals surface area (Å²) < 4.78 is 9.15. The molecule has 7 heteroatoms. The molecule has 0 bridgehead atoms. The van der Waals surface area contributed by atoms with Crippen molar-refractivity contribution in [1.82, 2.24) is 4.90 Å². The molecule has 0 aliphatic carbocycles. The van der Waals surface area contributed by atoms with Gasteiger partial charge in [-0.2, -0.15) is 0 Å². The van der Waals surface area contributed by atoms with Gasteiger partial charge in [0.05, 0.1) is 26.0 Å². The van der Waals surface area contributed by atoms with Gasteiger partial charge in [-0.3, -0.25) is 4.79 Å². The summed E-state index contributed by atoms with van der Waals surface area (Å²) in [7, 11) is 2.51. The summed E-state index contributed by atoms with van der Waals surface area (Å²) in [6, 6.07) is -0.796. The second-order valence-electron chi connectivity index (χ2n) is 3.57. The van der Waals surface area contributed by atoms with Gasteiger partial charge >= 0.3 is 11.9 Å². The zero-order valence-electron chi connectivity index (χ0n) is 9.34. The van der Waals surface area contributed by atoms with Crippen molar-refractivity contribution in [2.45, 2.75) is 17.8 Å². The summed E-state index contributed by atoms with van der Waals surface area (Å²) >= 11 is 1.32. The fourth-order valence-corrected chi connectivity index (χ4v) is 3.19. The van der Waals surface area contributed by atoms with E-state index >= 15 is 0 Å². The first-order valence-corrected chi connectivity index (χ1v) is 5.81. The van der Waals surface area contributed by atoms with Crippen LogP contribution in [0.1, 0.15) is 6.42 Å². The number of carbonyl (C=O) groups excluding carboxylic acids is 3. The standard InChI is InChI=1S/C10H11NO5S/c1-15-8(13)3-5-9(10(14)16-2)11-6(12)4-7(11)17-5/h3,7,9H,4H2,1-2H3/b5-3+/t7-,9+/m1/s1. The number of β-lactam (4-membered cyclic amide) rings is 1. The molecule has 0 aromatic rings. The Morgan fingerprint density at radius 1 is 1.41 bits per heavy atom. The molecule has 2 aliphatic heterocycles. The molecule has 0 spiro atoms. The molecule has 6 nitrogen and oxygen atoms in total. The Kier molecular flexibility index (Phi) is 3.10. The topological polar surface area (TPSA) is 72.9 Å². The van der Waals surface area contributed by atoms with E-state index in [1.165, 1.54) is 37.0 Å². The fraction of sp³-hybridized carbons (Fsp3) is 0.500. The number of esters is 2. The first-order chi connectivity index (χ1) is 8.08. The fourth-order valence-electron chi connectivity index (χ4n) is 1.80. The predicted octanol–water partition coefficient (Wildman–Crippen LogP) is -0.110. The van der Waals surface area contributed by atoms with E-state index in [1.807, 2.05) is 0 Å². The molecule has 0 aromatic heterocycles. The molecule has 2 heterocycles. The highest BCUT2D eigenvalue weighted by atomic mass is 32.2. The Labute approximate surface area is 102 Å². The molecule has 0 saturated carbocycles. The van der Waals surface area contributed by atoms with Crippen LogP contribution in [0.5, 0.6) is 0 Å². The highest BCUT2D eigenvalue weighted by Gasteiger charge is 2.52. The minimum Gasteiger partial charge on any atom is -0.467 e. The molecular weight excluding hydrogens is 246 g/mol. The van der Waals surface area contributed by atoms with Crippen molar-refractivity contribution in [2.75, 3.05) is 14.2 Å². The summed E-state index contributed by atoms with van der Waals surface area (Å²) in [5.41, 5.74) is 0. The summed E-state index contributed by atoms with van der Waals surface area (Å²) in [4.78, 5) is 36.1. The average molecular weight is 257 g/mol. The van der Waals surface area contributed by atoms with Crippen molar-refractivity contribution in [1.29, 1.82) is 0 Å². The van der Waals surface area contributed by atoms with Crippen LogP contribution in [0, 0.1) is 0 Å². The number of carbonyl (C=O) groups is 3. The maximum Gasteiger partial charge on any atom is 0.333 e. The quantitative estimate of drug-likeness (QED) is 0.390. The van der Waals surface area contributed by atoms with E-state index in [9.17, 15) is 14.4 Å². The molecule has 0 unspecified atom stereocenters. The molecule has 2 atom stereocenters. The lowest BCUT2D eigenvalue weighted by Crippen LogP contribution is -2.54. The van der Waals surface area contributed by atoms with Crippen LogP contribution in [0.2, 0.25) is 0 Å². The zero-order valence-corrected chi connectivity index (χ0v) is 10.2. The van der Waals surface area contributed by atoms with Crippen molar-refractivity contribution >= 4 is 29.6 Å². The lowest BCUT2D eigenvalue weighted by atomic mass is 10.1. The summed E-state index contributed by atoms with van der Waals surface area (Å²) in [6.07, 6.45) is 1.62. The first-order valence-electron chi connectivity index (χ1n) is 4.93. The lowest BCUT2D eigenvalue weighted by molar-refractivity contribution is -0.156. The number of methoxy groups -OCH3 is 2. The molecule has 92 valence electrons. The van der Waals surface area contributed by atoms with E-state index in [4.69, 9.17) is 0 Å². The molecule has 0 aromatic carbocycles. The van der Waals surface area contributed by atoms with Crippen LogP contribution in [-0.4, -0.2) is 48.4 Å². The van der Waals surface area contributed by atoms with Crippen LogP contribution in [0.3, 0.4) is 0 Å².